The first-order valence-corrected chi connectivity index (χ1v) is 12.3. The highest BCUT2D eigenvalue weighted by molar-refractivity contribution is 6.48. The van der Waals surface area contributed by atoms with Crippen molar-refractivity contribution >= 4 is 52.9 Å². The van der Waals surface area contributed by atoms with Crippen LogP contribution in [-0.4, -0.2) is 36.9 Å². The lowest BCUT2D eigenvalue weighted by atomic mass is 9.96. The van der Waals surface area contributed by atoms with Crippen LogP contribution in [0.15, 0.2) is 36.4 Å². The highest BCUT2D eigenvalue weighted by Gasteiger charge is 2.40. The number of alkyl carbamates (subject to hydrolysis) is 1. The molecule has 1 atom stereocenters. The van der Waals surface area contributed by atoms with E-state index in [0.717, 1.165) is 30.3 Å². The number of halogens is 9. The Kier molecular flexibility index (Phi) is 10.6. The first-order chi connectivity index (χ1) is 17.8. The molecule has 5 nitrogen and oxygen atoms in total. The van der Waals surface area contributed by atoms with Gasteiger partial charge in [0.2, 0.25) is 0 Å². The number of alkyl halides is 6. The number of hydrogen-bond acceptors (Lipinski definition) is 3. The van der Waals surface area contributed by atoms with E-state index in [2.05, 4.69) is 10.6 Å². The van der Waals surface area contributed by atoms with E-state index in [1.807, 2.05) is 0 Å². The Hall–Kier alpha value is -2.63. The summed E-state index contributed by atoms with van der Waals surface area (Å²) in [7, 11) is 0. The van der Waals surface area contributed by atoms with Gasteiger partial charge in [-0.1, -0.05) is 53.0 Å². The molecule has 39 heavy (non-hydrogen) atoms. The summed E-state index contributed by atoms with van der Waals surface area (Å²) in [6.07, 6.45) is -9.11. The largest absolute Gasteiger partial charge is 0.444 e. The Bertz CT molecular complexity index is 1220. The average molecular weight is 620 g/mol. The Labute approximate surface area is 235 Å². The number of carbonyl (C=O) groups excluding carboxylic acids is 2. The molecule has 0 aliphatic heterocycles. The lowest BCUT2D eigenvalue weighted by Crippen LogP contribution is -2.38. The number of amides is 2. The zero-order chi connectivity index (χ0) is 29.8. The molecule has 2 aromatic carbocycles. The molecule has 1 unspecified atom stereocenters. The fourth-order valence-electron chi connectivity index (χ4n) is 3.22. The molecule has 0 saturated heterocycles. The van der Waals surface area contributed by atoms with E-state index in [9.17, 15) is 35.9 Å². The maximum absolute atomic E-state index is 13.8. The molecule has 0 bridgehead atoms. The molecule has 0 aliphatic carbocycles. The minimum atomic E-state index is -4.99. The van der Waals surface area contributed by atoms with Crippen LogP contribution in [0.2, 0.25) is 15.1 Å². The molecule has 0 saturated carbocycles. The fourth-order valence-corrected chi connectivity index (χ4v) is 3.83. The minimum Gasteiger partial charge on any atom is -0.444 e. The number of allylic oxidation sites excluding steroid dienone is 1. The van der Waals surface area contributed by atoms with Crippen molar-refractivity contribution in [3.05, 3.63) is 73.7 Å². The number of rotatable bonds is 7. The van der Waals surface area contributed by atoms with Crippen LogP contribution in [0.4, 0.5) is 31.1 Å². The molecule has 2 rings (SSSR count). The van der Waals surface area contributed by atoms with Gasteiger partial charge < -0.3 is 15.4 Å². The maximum atomic E-state index is 13.8. The van der Waals surface area contributed by atoms with E-state index in [4.69, 9.17) is 39.5 Å². The summed E-state index contributed by atoms with van der Waals surface area (Å²) in [4.78, 5) is 24.0. The second-order valence-electron chi connectivity index (χ2n) is 9.16. The van der Waals surface area contributed by atoms with Crippen LogP contribution in [0.3, 0.4) is 0 Å². The molecular weight excluding hydrogens is 597 g/mol. The Morgan fingerprint density at radius 2 is 1.49 bits per heavy atom. The molecule has 0 fully saturated rings. The zero-order valence-corrected chi connectivity index (χ0v) is 22.9. The first kappa shape index (κ1) is 32.6. The summed E-state index contributed by atoms with van der Waals surface area (Å²) < 4.78 is 87.4. The Morgan fingerprint density at radius 3 is 2.00 bits per heavy atom. The van der Waals surface area contributed by atoms with Gasteiger partial charge in [0.25, 0.3) is 5.91 Å². The third-order valence-corrected chi connectivity index (χ3v) is 6.07. The van der Waals surface area contributed by atoms with E-state index in [1.165, 1.54) is 0 Å². The molecule has 214 valence electrons. The minimum absolute atomic E-state index is 0.125. The molecule has 0 heterocycles. The van der Waals surface area contributed by atoms with Gasteiger partial charge >= 0.3 is 18.4 Å². The van der Waals surface area contributed by atoms with Crippen LogP contribution in [0.25, 0.3) is 6.08 Å². The van der Waals surface area contributed by atoms with E-state index < -0.39 is 47.0 Å². The van der Waals surface area contributed by atoms with Crippen molar-refractivity contribution in [2.45, 2.75) is 44.6 Å². The van der Waals surface area contributed by atoms with Crippen molar-refractivity contribution in [3.63, 3.8) is 0 Å². The van der Waals surface area contributed by atoms with Gasteiger partial charge in [-0.25, -0.2) is 4.79 Å². The van der Waals surface area contributed by atoms with E-state index in [-0.39, 0.29) is 39.3 Å². The van der Waals surface area contributed by atoms with Crippen molar-refractivity contribution in [2.24, 2.45) is 0 Å². The Balaban J connectivity index is 2.25. The summed E-state index contributed by atoms with van der Waals surface area (Å²) in [6, 6.07) is 4.39. The maximum Gasteiger partial charge on any atom is 0.417 e. The third-order valence-electron chi connectivity index (χ3n) is 4.87. The van der Waals surface area contributed by atoms with Crippen molar-refractivity contribution < 1.29 is 40.7 Å². The highest BCUT2D eigenvalue weighted by atomic mass is 35.5. The monoisotopic (exact) mass is 618 g/mol. The SMILES string of the molecule is CC(C)(C)OC(=O)NCCNC(=O)c1ccc(/C=C/C(c2cc(Cl)c(Cl)c(Cl)c2)C(F)(F)F)cc1C(F)(F)F. The number of hydrogen-bond donors (Lipinski definition) is 2. The molecule has 0 aromatic heterocycles. The average Bonchev–Trinajstić information content (AvgIpc) is 2.77. The molecule has 2 aromatic rings. The number of nitrogens with one attached hydrogen (secondary N) is 2. The van der Waals surface area contributed by atoms with E-state index in [1.54, 1.807) is 20.8 Å². The van der Waals surface area contributed by atoms with Crippen molar-refractivity contribution in [1.29, 1.82) is 0 Å². The lowest BCUT2D eigenvalue weighted by molar-refractivity contribution is -0.139. The van der Waals surface area contributed by atoms with Gasteiger partial charge in [-0.15, -0.1) is 0 Å². The van der Waals surface area contributed by atoms with Gasteiger partial charge in [-0.2, -0.15) is 26.3 Å². The van der Waals surface area contributed by atoms with Crippen LogP contribution >= 0.6 is 34.8 Å². The highest BCUT2D eigenvalue weighted by Crippen LogP contribution is 2.41. The van der Waals surface area contributed by atoms with Crippen LogP contribution in [0.1, 0.15) is 53.7 Å². The second kappa shape index (κ2) is 12.7. The van der Waals surface area contributed by atoms with Crippen molar-refractivity contribution in [2.75, 3.05) is 13.1 Å². The van der Waals surface area contributed by atoms with Crippen molar-refractivity contribution in [3.8, 4) is 0 Å². The molecule has 14 heteroatoms. The molecular formula is C25H23Cl3F6N2O3. The second-order valence-corrected chi connectivity index (χ2v) is 10.4. The number of carbonyl (C=O) groups is 2. The first-order valence-electron chi connectivity index (χ1n) is 11.1. The molecule has 0 aliphatic rings. The number of benzene rings is 2. The quantitative estimate of drug-likeness (QED) is 0.186. The molecule has 2 amide bonds. The van der Waals surface area contributed by atoms with Crippen LogP contribution in [-0.2, 0) is 10.9 Å². The van der Waals surface area contributed by atoms with E-state index in [0.29, 0.717) is 12.1 Å². The van der Waals surface area contributed by atoms with Crippen LogP contribution in [0.5, 0.6) is 0 Å². The molecule has 0 radical (unpaired) electrons. The summed E-state index contributed by atoms with van der Waals surface area (Å²) in [5.41, 5.74) is -3.49. The van der Waals surface area contributed by atoms with Crippen LogP contribution < -0.4 is 10.6 Å². The topological polar surface area (TPSA) is 67.4 Å². The fraction of sp³-hybridized carbons (Fsp3) is 0.360. The van der Waals surface area contributed by atoms with Crippen molar-refractivity contribution in [1.82, 2.24) is 10.6 Å². The summed E-state index contributed by atoms with van der Waals surface area (Å²) in [5.74, 6) is -3.36. The van der Waals surface area contributed by atoms with Gasteiger partial charge in [0.15, 0.2) is 0 Å². The van der Waals surface area contributed by atoms with Gasteiger partial charge in [-0.05, 0) is 56.2 Å². The Morgan fingerprint density at radius 1 is 0.923 bits per heavy atom. The summed E-state index contributed by atoms with van der Waals surface area (Å²) in [5, 5.41) is 3.99. The standard InChI is InChI=1S/C25H23Cl3F6N2O3/c1-23(2,3)39-22(38)36-9-8-35-21(37)15-6-4-13(10-17(15)25(32,33)34)5-7-16(24(29,30)31)14-11-18(26)20(28)19(27)12-14/h4-7,10-12,16H,8-9H2,1-3H3,(H,35,37)(H,36,38)/b7-5+. The predicted octanol–water partition coefficient (Wildman–Crippen LogP) is 8.28. The van der Waals surface area contributed by atoms with Gasteiger partial charge in [0.05, 0.1) is 32.1 Å². The molecule has 2 N–H and O–H groups in total. The van der Waals surface area contributed by atoms with Gasteiger partial charge in [0.1, 0.15) is 5.60 Å². The summed E-state index contributed by atoms with van der Waals surface area (Å²) >= 11 is 17.5. The zero-order valence-electron chi connectivity index (χ0n) is 20.7. The van der Waals surface area contributed by atoms with E-state index >= 15 is 0 Å². The smallest absolute Gasteiger partial charge is 0.417 e. The predicted molar refractivity (Wildman–Crippen MR) is 137 cm³/mol. The number of ether oxygens (including phenoxy) is 1. The third kappa shape index (κ3) is 9.81. The van der Waals surface area contributed by atoms with Gasteiger partial charge in [0, 0.05) is 13.1 Å². The van der Waals surface area contributed by atoms with Gasteiger partial charge in [-0.3, -0.25) is 4.79 Å². The summed E-state index contributed by atoms with van der Waals surface area (Å²) in [6.45, 7) is 4.57. The normalized spacial score (nSPS) is 13.3. The van der Waals surface area contributed by atoms with Crippen LogP contribution in [0, 0.1) is 0 Å². The lowest BCUT2D eigenvalue weighted by Gasteiger charge is -2.19. The molecule has 0 spiro atoms.